The largest absolute Gasteiger partial charge is 0.466 e. The number of imide groups is 1. The number of hydrogen-bond acceptors (Lipinski definition) is 5. The lowest BCUT2D eigenvalue weighted by molar-refractivity contribution is -0.150. The molecule has 1 fully saturated rings. The number of hydrogen-bond donors (Lipinski definition) is 2. The zero-order chi connectivity index (χ0) is 18.2. The first-order valence-corrected chi connectivity index (χ1v) is 8.24. The minimum Gasteiger partial charge on any atom is -0.466 e. The highest BCUT2D eigenvalue weighted by molar-refractivity contribution is 6.01. The summed E-state index contributed by atoms with van der Waals surface area (Å²) in [6.07, 6.45) is 1.50. The van der Waals surface area contributed by atoms with Crippen LogP contribution in [-0.2, 0) is 14.3 Å². The predicted molar refractivity (Wildman–Crippen MR) is 89.4 cm³/mol. The van der Waals surface area contributed by atoms with E-state index in [4.69, 9.17) is 4.74 Å². The van der Waals surface area contributed by atoms with Gasteiger partial charge in [-0.05, 0) is 38.4 Å². The summed E-state index contributed by atoms with van der Waals surface area (Å²) < 4.78 is 18.5. The number of amides is 3. The molecule has 1 aliphatic heterocycles. The van der Waals surface area contributed by atoms with Crippen molar-refractivity contribution in [3.63, 3.8) is 0 Å². The van der Waals surface area contributed by atoms with Crippen molar-refractivity contribution >= 4 is 23.6 Å². The Morgan fingerprint density at radius 1 is 1.32 bits per heavy atom. The second-order valence-corrected chi connectivity index (χ2v) is 5.81. The Bertz CT molecular complexity index is 638. The van der Waals surface area contributed by atoms with Crippen LogP contribution < -0.4 is 10.6 Å². The van der Waals surface area contributed by atoms with E-state index in [1.54, 1.807) is 17.9 Å². The molecule has 3 amide bonds. The van der Waals surface area contributed by atoms with Gasteiger partial charge in [0.2, 0.25) is 5.91 Å². The average Bonchev–Trinajstić information content (AvgIpc) is 2.57. The molecule has 136 valence electrons. The summed E-state index contributed by atoms with van der Waals surface area (Å²) >= 11 is 0. The molecule has 1 atom stereocenters. The highest BCUT2D eigenvalue weighted by Crippen LogP contribution is 2.17. The van der Waals surface area contributed by atoms with E-state index in [0.29, 0.717) is 19.7 Å². The molecule has 0 aromatic heterocycles. The van der Waals surface area contributed by atoms with Crippen LogP contribution in [0.3, 0.4) is 0 Å². The number of piperidine rings is 1. The summed E-state index contributed by atoms with van der Waals surface area (Å²) in [5, 5.41) is 4.44. The number of rotatable bonds is 5. The number of carbonyl (C=O) groups excluding carboxylic acids is 3. The number of carbonyl (C=O) groups is 3. The summed E-state index contributed by atoms with van der Waals surface area (Å²) in [6, 6.07) is 4.88. The van der Waals surface area contributed by atoms with Gasteiger partial charge in [-0.25, -0.2) is 9.18 Å². The monoisotopic (exact) mass is 351 g/mol. The number of nitrogens with one attached hydrogen (secondary N) is 2. The van der Waals surface area contributed by atoms with Crippen LogP contribution in [0.4, 0.5) is 14.9 Å². The third-order valence-corrected chi connectivity index (χ3v) is 3.87. The fraction of sp³-hybridized carbons (Fsp3) is 0.471. The maximum Gasteiger partial charge on any atom is 0.326 e. The molecule has 1 saturated heterocycles. The number of benzene rings is 1. The van der Waals surface area contributed by atoms with Gasteiger partial charge >= 0.3 is 12.0 Å². The molecule has 0 aliphatic carbocycles. The van der Waals surface area contributed by atoms with E-state index < -0.39 is 17.8 Å². The first-order chi connectivity index (χ1) is 12.0. The van der Waals surface area contributed by atoms with Crippen LogP contribution in [0.5, 0.6) is 0 Å². The lowest BCUT2D eigenvalue weighted by atomic mass is 9.98. The SMILES string of the molecule is CCOC(=O)[C@H]1CCCN(CC(=O)NC(=O)Nc2ccccc2F)C1. The van der Waals surface area contributed by atoms with Crippen LogP contribution in [0.15, 0.2) is 24.3 Å². The van der Waals surface area contributed by atoms with Crippen molar-refractivity contribution < 1.29 is 23.5 Å². The van der Waals surface area contributed by atoms with Crippen LogP contribution in [0.25, 0.3) is 0 Å². The van der Waals surface area contributed by atoms with Gasteiger partial charge in [-0.15, -0.1) is 0 Å². The standard InChI is InChI=1S/C17H22FN3O4/c1-2-25-16(23)12-6-5-9-21(10-12)11-15(22)20-17(24)19-14-8-4-3-7-13(14)18/h3-4,7-8,12H,2,5-6,9-11H2,1H3,(H2,19,20,22,24)/t12-/m0/s1. The molecule has 0 unspecified atom stereocenters. The first kappa shape index (κ1) is 18.9. The van der Waals surface area contributed by atoms with Gasteiger partial charge in [0.1, 0.15) is 5.82 Å². The number of esters is 1. The number of ether oxygens (including phenoxy) is 1. The van der Waals surface area contributed by atoms with Crippen molar-refractivity contribution in [2.45, 2.75) is 19.8 Å². The van der Waals surface area contributed by atoms with Gasteiger partial charge in [0, 0.05) is 6.54 Å². The van der Waals surface area contributed by atoms with E-state index in [1.165, 1.54) is 18.2 Å². The molecule has 7 nitrogen and oxygen atoms in total. The third-order valence-electron chi connectivity index (χ3n) is 3.87. The smallest absolute Gasteiger partial charge is 0.326 e. The number of urea groups is 1. The first-order valence-electron chi connectivity index (χ1n) is 8.24. The highest BCUT2D eigenvalue weighted by Gasteiger charge is 2.28. The van der Waals surface area contributed by atoms with Crippen LogP contribution in [0, 0.1) is 11.7 Å². The lowest BCUT2D eigenvalue weighted by Crippen LogP contribution is -2.46. The molecule has 1 heterocycles. The maximum atomic E-state index is 13.5. The molecular weight excluding hydrogens is 329 g/mol. The summed E-state index contributed by atoms with van der Waals surface area (Å²) in [6.45, 7) is 3.15. The molecule has 1 aromatic rings. The molecule has 8 heteroatoms. The third kappa shape index (κ3) is 5.82. The Balaban J connectivity index is 1.80. The van der Waals surface area contributed by atoms with E-state index in [9.17, 15) is 18.8 Å². The molecular formula is C17H22FN3O4. The van der Waals surface area contributed by atoms with E-state index >= 15 is 0 Å². The van der Waals surface area contributed by atoms with E-state index in [-0.39, 0.29) is 24.1 Å². The number of para-hydroxylation sites is 1. The molecule has 1 aliphatic rings. The van der Waals surface area contributed by atoms with Crippen LogP contribution in [-0.4, -0.2) is 49.0 Å². The second-order valence-electron chi connectivity index (χ2n) is 5.81. The van der Waals surface area contributed by atoms with Gasteiger partial charge in [0.15, 0.2) is 0 Å². The summed E-state index contributed by atoms with van der Waals surface area (Å²) in [7, 11) is 0. The van der Waals surface area contributed by atoms with E-state index in [2.05, 4.69) is 10.6 Å². The molecule has 25 heavy (non-hydrogen) atoms. The Hall–Kier alpha value is -2.48. The van der Waals surface area contributed by atoms with Crippen molar-refractivity contribution in [1.29, 1.82) is 0 Å². The fourth-order valence-corrected chi connectivity index (χ4v) is 2.74. The molecule has 0 saturated carbocycles. The summed E-state index contributed by atoms with van der Waals surface area (Å²) in [5.74, 6) is -1.62. The normalized spacial score (nSPS) is 17.6. The van der Waals surface area contributed by atoms with Crippen molar-refractivity contribution in [3.05, 3.63) is 30.1 Å². The zero-order valence-corrected chi connectivity index (χ0v) is 14.1. The molecule has 2 rings (SSSR count). The highest BCUT2D eigenvalue weighted by atomic mass is 19.1. The minimum absolute atomic E-state index is 0.00634. The van der Waals surface area contributed by atoms with Gasteiger partial charge in [-0.1, -0.05) is 12.1 Å². The topological polar surface area (TPSA) is 87.7 Å². The number of anilines is 1. The van der Waals surface area contributed by atoms with Gasteiger partial charge < -0.3 is 10.1 Å². The average molecular weight is 351 g/mol. The van der Waals surface area contributed by atoms with Crippen LogP contribution in [0.1, 0.15) is 19.8 Å². The lowest BCUT2D eigenvalue weighted by Gasteiger charge is -2.30. The van der Waals surface area contributed by atoms with Gasteiger partial charge in [-0.2, -0.15) is 0 Å². The number of nitrogens with zero attached hydrogens (tertiary/aromatic N) is 1. The zero-order valence-electron chi connectivity index (χ0n) is 14.1. The van der Waals surface area contributed by atoms with E-state index in [0.717, 1.165) is 12.8 Å². The Kier molecular flexibility index (Phi) is 6.88. The summed E-state index contributed by atoms with van der Waals surface area (Å²) in [5.41, 5.74) is -0.00634. The van der Waals surface area contributed by atoms with Crippen LogP contribution in [0.2, 0.25) is 0 Å². The van der Waals surface area contributed by atoms with Crippen molar-refractivity contribution in [3.8, 4) is 0 Å². The quantitative estimate of drug-likeness (QED) is 0.789. The molecule has 1 aromatic carbocycles. The van der Waals surface area contributed by atoms with Gasteiger partial charge in [-0.3, -0.25) is 19.8 Å². The second kappa shape index (κ2) is 9.12. The Morgan fingerprint density at radius 2 is 2.08 bits per heavy atom. The molecule has 0 radical (unpaired) electrons. The van der Waals surface area contributed by atoms with Crippen molar-refractivity contribution in [2.75, 3.05) is 31.6 Å². The predicted octanol–water partition coefficient (Wildman–Crippen LogP) is 1.75. The minimum atomic E-state index is -0.797. The van der Waals surface area contributed by atoms with E-state index in [1.807, 2.05) is 0 Å². The van der Waals surface area contributed by atoms with Gasteiger partial charge in [0.05, 0.1) is 24.8 Å². The molecule has 0 bridgehead atoms. The van der Waals surface area contributed by atoms with Crippen molar-refractivity contribution in [2.24, 2.45) is 5.92 Å². The maximum absolute atomic E-state index is 13.5. The van der Waals surface area contributed by atoms with Gasteiger partial charge in [0.25, 0.3) is 0 Å². The summed E-state index contributed by atoms with van der Waals surface area (Å²) in [4.78, 5) is 37.3. The Morgan fingerprint density at radius 3 is 2.80 bits per heavy atom. The molecule has 0 spiro atoms. The molecule has 2 N–H and O–H groups in total. The fourth-order valence-electron chi connectivity index (χ4n) is 2.74. The number of likely N-dealkylation sites (tertiary alicyclic amines) is 1. The van der Waals surface area contributed by atoms with Crippen molar-refractivity contribution in [1.82, 2.24) is 10.2 Å². The van der Waals surface area contributed by atoms with Crippen LogP contribution >= 0.6 is 0 Å². The Labute approximate surface area is 145 Å². The number of halogens is 1.